The lowest BCUT2D eigenvalue weighted by Gasteiger charge is -2.09. The number of nitrogens with zero attached hydrogens (tertiary/aromatic N) is 1. The molecule has 0 unspecified atom stereocenters. The maximum Gasteiger partial charge on any atom is 0.345 e. The molecule has 146 valence electrons. The molecular formula is C20H14N2O6S. The fourth-order valence-corrected chi connectivity index (χ4v) is 4.07. The number of amides is 1. The van der Waals surface area contributed by atoms with Gasteiger partial charge >= 0.3 is 5.63 Å². The number of methoxy groups -OCH3 is 1. The number of thiophene rings is 1. The molecule has 4 rings (SSSR count). The maximum atomic E-state index is 12.8. The standard InChI is InChI=1S/C20H14N2O6S/c1-10-3-5-15-12(7-10)18-13(20(24)28-15)9-17(29-18)19(23)21-14-8-11(22(25)26)4-6-16(14)27-2/h3-9H,1-2H3,(H,21,23). The number of rotatable bonds is 4. The summed E-state index contributed by atoms with van der Waals surface area (Å²) in [5.41, 5.74) is 0.895. The second kappa shape index (κ2) is 7.02. The second-order valence-electron chi connectivity index (χ2n) is 6.34. The van der Waals surface area contributed by atoms with Crippen LogP contribution in [0.5, 0.6) is 5.75 Å². The Morgan fingerprint density at radius 2 is 1.97 bits per heavy atom. The van der Waals surface area contributed by atoms with Gasteiger partial charge in [0.15, 0.2) is 0 Å². The van der Waals surface area contributed by atoms with Crippen LogP contribution in [0.3, 0.4) is 0 Å². The zero-order valence-corrected chi connectivity index (χ0v) is 16.2. The number of carbonyl (C=O) groups is 1. The lowest BCUT2D eigenvalue weighted by molar-refractivity contribution is -0.384. The number of fused-ring (bicyclic) bond motifs is 3. The predicted octanol–water partition coefficient (Wildman–Crippen LogP) is 4.49. The van der Waals surface area contributed by atoms with Crippen molar-refractivity contribution in [2.75, 3.05) is 12.4 Å². The summed E-state index contributed by atoms with van der Waals surface area (Å²) in [4.78, 5) is 35.8. The van der Waals surface area contributed by atoms with E-state index < -0.39 is 16.5 Å². The molecule has 0 fully saturated rings. The van der Waals surface area contributed by atoms with E-state index in [9.17, 15) is 19.7 Å². The molecule has 0 aliphatic heterocycles. The van der Waals surface area contributed by atoms with Gasteiger partial charge in [-0.3, -0.25) is 14.9 Å². The Hall–Kier alpha value is -3.72. The van der Waals surface area contributed by atoms with E-state index in [2.05, 4.69) is 5.32 Å². The van der Waals surface area contributed by atoms with E-state index in [0.717, 1.165) is 22.3 Å². The molecule has 9 heteroatoms. The lowest BCUT2D eigenvalue weighted by atomic mass is 10.1. The van der Waals surface area contributed by atoms with Crippen molar-refractivity contribution >= 4 is 49.7 Å². The highest BCUT2D eigenvalue weighted by Crippen LogP contribution is 2.33. The van der Waals surface area contributed by atoms with Gasteiger partial charge in [-0.2, -0.15) is 0 Å². The number of nitro groups is 1. The molecule has 0 bridgehead atoms. The first kappa shape index (κ1) is 18.6. The summed E-state index contributed by atoms with van der Waals surface area (Å²) in [6.45, 7) is 1.92. The van der Waals surface area contributed by atoms with Crippen LogP contribution < -0.4 is 15.7 Å². The first-order chi connectivity index (χ1) is 13.9. The summed E-state index contributed by atoms with van der Waals surface area (Å²) in [6, 6.07) is 10.8. The van der Waals surface area contributed by atoms with E-state index in [1.165, 1.54) is 31.4 Å². The molecule has 29 heavy (non-hydrogen) atoms. The molecule has 0 aliphatic carbocycles. The molecule has 2 aromatic carbocycles. The van der Waals surface area contributed by atoms with Gasteiger partial charge in [0.1, 0.15) is 11.3 Å². The SMILES string of the molecule is COc1ccc([N+](=O)[O-])cc1NC(=O)c1cc2c(=O)oc3ccc(C)cc3c2s1. The average Bonchev–Trinajstić information content (AvgIpc) is 3.15. The van der Waals surface area contributed by atoms with Gasteiger partial charge < -0.3 is 14.5 Å². The normalized spacial score (nSPS) is 11.0. The summed E-state index contributed by atoms with van der Waals surface area (Å²) in [6.07, 6.45) is 0. The van der Waals surface area contributed by atoms with Crippen LogP contribution in [-0.2, 0) is 0 Å². The number of non-ortho nitro benzene ring substituents is 1. The van der Waals surface area contributed by atoms with Crippen molar-refractivity contribution in [1.82, 2.24) is 0 Å². The number of nitrogens with one attached hydrogen (secondary N) is 1. The van der Waals surface area contributed by atoms with Gasteiger partial charge in [-0.25, -0.2) is 4.79 Å². The molecular weight excluding hydrogens is 396 g/mol. The van der Waals surface area contributed by atoms with Gasteiger partial charge in [-0.05, 0) is 31.2 Å². The number of aryl methyl sites for hydroxylation is 1. The van der Waals surface area contributed by atoms with E-state index in [4.69, 9.17) is 9.15 Å². The minimum Gasteiger partial charge on any atom is -0.495 e. The first-order valence-corrected chi connectivity index (χ1v) is 9.30. The molecule has 1 N–H and O–H groups in total. The van der Waals surface area contributed by atoms with Crippen molar-refractivity contribution in [3.8, 4) is 5.75 Å². The molecule has 4 aromatic rings. The average molecular weight is 410 g/mol. The summed E-state index contributed by atoms with van der Waals surface area (Å²) < 4.78 is 11.2. The molecule has 2 aromatic heterocycles. The lowest BCUT2D eigenvalue weighted by Crippen LogP contribution is -2.11. The topological polar surface area (TPSA) is 112 Å². The van der Waals surface area contributed by atoms with Crippen LogP contribution in [0.25, 0.3) is 21.1 Å². The fraction of sp³-hybridized carbons (Fsp3) is 0.100. The third kappa shape index (κ3) is 3.32. The van der Waals surface area contributed by atoms with Crippen LogP contribution in [0.1, 0.15) is 15.2 Å². The highest BCUT2D eigenvalue weighted by molar-refractivity contribution is 7.21. The molecule has 0 saturated carbocycles. The summed E-state index contributed by atoms with van der Waals surface area (Å²) in [5, 5.41) is 14.7. The highest BCUT2D eigenvalue weighted by Gasteiger charge is 2.19. The van der Waals surface area contributed by atoms with Crippen LogP contribution in [0.4, 0.5) is 11.4 Å². The first-order valence-electron chi connectivity index (χ1n) is 8.48. The third-order valence-electron chi connectivity index (χ3n) is 4.40. The summed E-state index contributed by atoms with van der Waals surface area (Å²) in [7, 11) is 1.40. The van der Waals surface area contributed by atoms with Gasteiger partial charge in [0.2, 0.25) is 0 Å². The Labute approximate surface area is 167 Å². The Morgan fingerprint density at radius 3 is 2.69 bits per heavy atom. The molecule has 0 spiro atoms. The van der Waals surface area contributed by atoms with Crippen molar-refractivity contribution in [1.29, 1.82) is 0 Å². The van der Waals surface area contributed by atoms with E-state index in [1.54, 1.807) is 6.07 Å². The van der Waals surface area contributed by atoms with Crippen molar-refractivity contribution in [2.45, 2.75) is 6.92 Å². The van der Waals surface area contributed by atoms with E-state index in [1.807, 2.05) is 19.1 Å². The predicted molar refractivity (Wildman–Crippen MR) is 110 cm³/mol. The Bertz CT molecular complexity index is 1350. The Balaban J connectivity index is 1.79. The minimum atomic E-state index is -0.561. The number of carbonyl (C=O) groups excluding carboxylic acids is 1. The third-order valence-corrected chi connectivity index (χ3v) is 5.57. The number of benzene rings is 2. The number of ether oxygens (including phenoxy) is 1. The molecule has 0 aliphatic rings. The van der Waals surface area contributed by atoms with Crippen molar-refractivity contribution < 1.29 is 18.9 Å². The van der Waals surface area contributed by atoms with E-state index >= 15 is 0 Å². The van der Waals surface area contributed by atoms with Crippen LogP contribution in [0.2, 0.25) is 0 Å². The second-order valence-corrected chi connectivity index (χ2v) is 7.39. The van der Waals surface area contributed by atoms with Crippen molar-refractivity contribution in [3.63, 3.8) is 0 Å². The maximum absolute atomic E-state index is 12.8. The largest absolute Gasteiger partial charge is 0.495 e. The molecule has 0 saturated heterocycles. The van der Waals surface area contributed by atoms with E-state index in [0.29, 0.717) is 15.7 Å². The molecule has 8 nitrogen and oxygen atoms in total. The fourth-order valence-electron chi connectivity index (χ4n) is 3.01. The molecule has 0 atom stereocenters. The van der Waals surface area contributed by atoms with Crippen molar-refractivity contribution in [3.05, 3.63) is 73.4 Å². The van der Waals surface area contributed by atoms with Crippen LogP contribution in [0, 0.1) is 17.0 Å². The number of hydrogen-bond acceptors (Lipinski definition) is 7. The zero-order chi connectivity index (χ0) is 20.7. The monoisotopic (exact) mass is 410 g/mol. The number of hydrogen-bond donors (Lipinski definition) is 1. The molecule has 0 radical (unpaired) electrons. The number of anilines is 1. The van der Waals surface area contributed by atoms with Gasteiger partial charge in [-0.1, -0.05) is 11.6 Å². The van der Waals surface area contributed by atoms with Gasteiger partial charge in [0.25, 0.3) is 11.6 Å². The van der Waals surface area contributed by atoms with Crippen LogP contribution in [-0.4, -0.2) is 17.9 Å². The summed E-state index contributed by atoms with van der Waals surface area (Å²) >= 11 is 1.15. The van der Waals surface area contributed by atoms with E-state index in [-0.39, 0.29) is 22.0 Å². The minimum absolute atomic E-state index is 0.164. The van der Waals surface area contributed by atoms with Crippen molar-refractivity contribution in [2.24, 2.45) is 0 Å². The Morgan fingerprint density at radius 1 is 1.17 bits per heavy atom. The van der Waals surface area contributed by atoms with Crippen LogP contribution >= 0.6 is 11.3 Å². The quantitative estimate of drug-likeness (QED) is 0.301. The van der Waals surface area contributed by atoms with Crippen LogP contribution in [0.15, 0.2) is 51.7 Å². The highest BCUT2D eigenvalue weighted by atomic mass is 32.1. The van der Waals surface area contributed by atoms with Gasteiger partial charge in [-0.15, -0.1) is 11.3 Å². The number of nitro benzene ring substituents is 1. The van der Waals surface area contributed by atoms with Gasteiger partial charge in [0.05, 0.1) is 32.7 Å². The molecule has 2 heterocycles. The zero-order valence-electron chi connectivity index (χ0n) is 15.3. The Kier molecular flexibility index (Phi) is 4.51. The smallest absolute Gasteiger partial charge is 0.345 e. The molecule has 1 amide bonds. The summed E-state index contributed by atoms with van der Waals surface area (Å²) in [5.74, 6) is -0.226. The van der Waals surface area contributed by atoms with Gasteiger partial charge in [0, 0.05) is 17.5 Å².